The smallest absolute Gasteiger partial charge is 0.321 e. The van der Waals surface area contributed by atoms with E-state index < -0.39 is 11.6 Å². The molecule has 0 bridgehead atoms. The predicted octanol–water partition coefficient (Wildman–Crippen LogP) is 2.79. The standard InChI is InChI=1S/C16H18F2N4O/c1-21-9-12(8-19-21)4-11-2-3-22(10-11)16(23)20-15-6-13(17)5-14(18)7-15/h5-9,11H,2-4,10H2,1H3,(H,20,23). The number of benzene rings is 1. The third-order valence-corrected chi connectivity index (χ3v) is 3.97. The number of nitrogens with one attached hydrogen (secondary N) is 1. The molecule has 2 aromatic rings. The van der Waals surface area contributed by atoms with E-state index in [1.54, 1.807) is 9.58 Å². The molecule has 23 heavy (non-hydrogen) atoms. The second kappa shape index (κ2) is 6.36. The first-order chi connectivity index (χ1) is 11.0. The third kappa shape index (κ3) is 3.85. The van der Waals surface area contributed by atoms with E-state index in [0.717, 1.165) is 36.6 Å². The highest BCUT2D eigenvalue weighted by Gasteiger charge is 2.26. The maximum Gasteiger partial charge on any atom is 0.321 e. The molecule has 1 unspecified atom stereocenters. The summed E-state index contributed by atoms with van der Waals surface area (Å²) < 4.78 is 28.1. The summed E-state index contributed by atoms with van der Waals surface area (Å²) in [4.78, 5) is 13.9. The fourth-order valence-corrected chi connectivity index (χ4v) is 2.92. The van der Waals surface area contributed by atoms with Crippen LogP contribution in [-0.2, 0) is 13.5 Å². The summed E-state index contributed by atoms with van der Waals surface area (Å²) in [6.45, 7) is 1.26. The van der Waals surface area contributed by atoms with E-state index in [2.05, 4.69) is 10.4 Å². The quantitative estimate of drug-likeness (QED) is 0.945. The minimum absolute atomic E-state index is 0.128. The number of amides is 2. The topological polar surface area (TPSA) is 50.2 Å². The van der Waals surface area contributed by atoms with Crippen molar-refractivity contribution < 1.29 is 13.6 Å². The summed E-state index contributed by atoms with van der Waals surface area (Å²) >= 11 is 0. The number of rotatable bonds is 3. The lowest BCUT2D eigenvalue weighted by Crippen LogP contribution is -2.33. The van der Waals surface area contributed by atoms with Gasteiger partial charge in [0.25, 0.3) is 0 Å². The van der Waals surface area contributed by atoms with Crippen LogP contribution in [-0.4, -0.2) is 33.8 Å². The van der Waals surface area contributed by atoms with Gasteiger partial charge in [0.1, 0.15) is 11.6 Å². The highest BCUT2D eigenvalue weighted by atomic mass is 19.1. The normalized spacial score (nSPS) is 17.5. The molecule has 1 aromatic heterocycles. The average Bonchev–Trinajstić information content (AvgIpc) is 3.07. The molecule has 0 radical (unpaired) electrons. The number of aryl methyl sites for hydroxylation is 1. The average molecular weight is 320 g/mol. The van der Waals surface area contributed by atoms with Crippen LogP contribution in [0.3, 0.4) is 0 Å². The molecule has 0 aliphatic carbocycles. The summed E-state index contributed by atoms with van der Waals surface area (Å²) in [7, 11) is 1.87. The summed E-state index contributed by atoms with van der Waals surface area (Å²) in [6, 6.07) is 2.65. The fourth-order valence-electron chi connectivity index (χ4n) is 2.92. The molecule has 1 fully saturated rings. The van der Waals surface area contributed by atoms with Crippen molar-refractivity contribution in [1.82, 2.24) is 14.7 Å². The summed E-state index contributed by atoms with van der Waals surface area (Å²) in [5.41, 5.74) is 1.27. The van der Waals surface area contributed by atoms with E-state index in [0.29, 0.717) is 19.0 Å². The number of aromatic nitrogens is 2. The van der Waals surface area contributed by atoms with Gasteiger partial charge in [-0.1, -0.05) is 0 Å². The molecule has 1 aliphatic rings. The van der Waals surface area contributed by atoms with Crippen molar-refractivity contribution in [2.45, 2.75) is 12.8 Å². The van der Waals surface area contributed by atoms with E-state index in [-0.39, 0.29) is 11.7 Å². The molecule has 1 aliphatic heterocycles. The first kappa shape index (κ1) is 15.5. The number of hydrogen-bond donors (Lipinski definition) is 1. The van der Waals surface area contributed by atoms with Crippen molar-refractivity contribution in [2.24, 2.45) is 13.0 Å². The SMILES string of the molecule is Cn1cc(CC2CCN(C(=O)Nc3cc(F)cc(F)c3)C2)cn1. The Hall–Kier alpha value is -2.44. The predicted molar refractivity (Wildman–Crippen MR) is 82.0 cm³/mol. The highest BCUT2D eigenvalue weighted by molar-refractivity contribution is 5.89. The van der Waals surface area contributed by atoms with Crippen LogP contribution in [0.4, 0.5) is 19.3 Å². The molecule has 0 spiro atoms. The van der Waals surface area contributed by atoms with Gasteiger partial charge in [0, 0.05) is 38.1 Å². The number of halogens is 2. The van der Waals surface area contributed by atoms with Crippen LogP contribution in [0.1, 0.15) is 12.0 Å². The van der Waals surface area contributed by atoms with E-state index in [1.807, 2.05) is 19.4 Å². The van der Waals surface area contributed by atoms with Crippen LogP contribution < -0.4 is 5.32 Å². The van der Waals surface area contributed by atoms with Gasteiger partial charge in [0.05, 0.1) is 6.20 Å². The number of nitrogens with zero attached hydrogens (tertiary/aromatic N) is 3. The second-order valence-corrected chi connectivity index (χ2v) is 5.92. The van der Waals surface area contributed by atoms with Crippen molar-refractivity contribution in [2.75, 3.05) is 18.4 Å². The van der Waals surface area contributed by atoms with Gasteiger partial charge >= 0.3 is 6.03 Å². The van der Waals surface area contributed by atoms with Gasteiger partial charge in [-0.3, -0.25) is 4.68 Å². The van der Waals surface area contributed by atoms with Crippen molar-refractivity contribution >= 4 is 11.7 Å². The summed E-state index contributed by atoms with van der Waals surface area (Å²) in [5, 5.41) is 6.68. The molecule has 2 heterocycles. The number of likely N-dealkylation sites (tertiary alicyclic amines) is 1. The lowest BCUT2D eigenvalue weighted by Gasteiger charge is -2.17. The molecule has 5 nitrogen and oxygen atoms in total. The van der Waals surface area contributed by atoms with Crippen LogP contribution in [0.5, 0.6) is 0 Å². The van der Waals surface area contributed by atoms with Gasteiger partial charge in [-0.15, -0.1) is 0 Å². The van der Waals surface area contributed by atoms with Crippen LogP contribution in [0.2, 0.25) is 0 Å². The maximum absolute atomic E-state index is 13.1. The Morgan fingerprint density at radius 1 is 1.35 bits per heavy atom. The highest BCUT2D eigenvalue weighted by Crippen LogP contribution is 2.22. The molecule has 1 aromatic carbocycles. The Morgan fingerprint density at radius 2 is 2.09 bits per heavy atom. The van der Waals surface area contributed by atoms with E-state index >= 15 is 0 Å². The zero-order chi connectivity index (χ0) is 16.4. The number of anilines is 1. The summed E-state index contributed by atoms with van der Waals surface area (Å²) in [5.74, 6) is -1.05. The zero-order valence-corrected chi connectivity index (χ0v) is 12.8. The molecule has 122 valence electrons. The van der Waals surface area contributed by atoms with E-state index in [4.69, 9.17) is 0 Å². The van der Waals surface area contributed by atoms with Gasteiger partial charge in [-0.05, 0) is 36.5 Å². The zero-order valence-electron chi connectivity index (χ0n) is 12.8. The van der Waals surface area contributed by atoms with Gasteiger partial charge < -0.3 is 10.2 Å². The molecule has 0 saturated carbocycles. The van der Waals surface area contributed by atoms with Crippen molar-refractivity contribution in [3.63, 3.8) is 0 Å². The lowest BCUT2D eigenvalue weighted by molar-refractivity contribution is 0.221. The minimum Gasteiger partial charge on any atom is -0.324 e. The lowest BCUT2D eigenvalue weighted by atomic mass is 10.0. The number of hydrogen-bond acceptors (Lipinski definition) is 2. The molecule has 2 amide bonds. The molecule has 1 saturated heterocycles. The largest absolute Gasteiger partial charge is 0.324 e. The number of carbonyl (C=O) groups excluding carboxylic acids is 1. The Kier molecular flexibility index (Phi) is 4.27. The van der Waals surface area contributed by atoms with E-state index in [1.165, 1.54) is 0 Å². The monoisotopic (exact) mass is 320 g/mol. The molecule has 1 N–H and O–H groups in total. The van der Waals surface area contributed by atoms with E-state index in [9.17, 15) is 13.6 Å². The van der Waals surface area contributed by atoms with Gasteiger partial charge in [0.2, 0.25) is 0 Å². The summed E-state index contributed by atoms with van der Waals surface area (Å²) in [6.07, 6.45) is 5.57. The fraction of sp³-hybridized carbons (Fsp3) is 0.375. The van der Waals surface area contributed by atoms with Crippen LogP contribution in [0.15, 0.2) is 30.6 Å². The maximum atomic E-state index is 13.1. The Labute approximate surface area is 132 Å². The van der Waals surface area contributed by atoms with Crippen LogP contribution in [0.25, 0.3) is 0 Å². The molecule has 7 heteroatoms. The Balaban J connectivity index is 1.56. The van der Waals surface area contributed by atoms with Crippen molar-refractivity contribution in [1.29, 1.82) is 0 Å². The van der Waals surface area contributed by atoms with Gasteiger partial charge in [-0.2, -0.15) is 5.10 Å². The molecule has 3 rings (SSSR count). The number of carbonyl (C=O) groups is 1. The van der Waals surface area contributed by atoms with Crippen molar-refractivity contribution in [3.05, 3.63) is 47.8 Å². The first-order valence-electron chi connectivity index (χ1n) is 7.49. The van der Waals surface area contributed by atoms with Gasteiger partial charge in [-0.25, -0.2) is 13.6 Å². The van der Waals surface area contributed by atoms with Crippen LogP contribution >= 0.6 is 0 Å². The van der Waals surface area contributed by atoms with Crippen molar-refractivity contribution in [3.8, 4) is 0 Å². The molecular weight excluding hydrogens is 302 g/mol. The van der Waals surface area contributed by atoms with Crippen LogP contribution in [0, 0.1) is 17.6 Å². The molecular formula is C16H18F2N4O. The first-order valence-corrected chi connectivity index (χ1v) is 7.49. The third-order valence-electron chi connectivity index (χ3n) is 3.97. The molecule has 1 atom stereocenters. The van der Waals surface area contributed by atoms with Gasteiger partial charge in [0.15, 0.2) is 0 Å². The minimum atomic E-state index is -0.712. The second-order valence-electron chi connectivity index (χ2n) is 5.92. The number of urea groups is 1. The Bertz CT molecular complexity index is 696. The Morgan fingerprint density at radius 3 is 2.74 bits per heavy atom.